The summed E-state index contributed by atoms with van der Waals surface area (Å²) in [4.78, 5) is 22.7. The number of hydrogen-bond donors (Lipinski definition) is 2. The molecular formula is C29H34ClN5O3S2. The number of thiazole rings is 1. The number of sulfonamides is 1. The number of amides is 1. The van der Waals surface area contributed by atoms with E-state index >= 15 is 0 Å². The Kier molecular flexibility index (Phi) is 9.35. The Morgan fingerprint density at radius 1 is 0.950 bits per heavy atom. The molecule has 2 N–H and O–H groups in total. The first-order valence-corrected chi connectivity index (χ1v) is 15.3. The van der Waals surface area contributed by atoms with Gasteiger partial charge in [-0.1, -0.05) is 47.2 Å². The number of nitrogens with one attached hydrogen (secondary N) is 2. The van der Waals surface area contributed by atoms with E-state index in [4.69, 9.17) is 4.98 Å². The molecule has 2 heterocycles. The van der Waals surface area contributed by atoms with Gasteiger partial charge in [0.25, 0.3) is 15.9 Å². The van der Waals surface area contributed by atoms with Crippen LogP contribution in [-0.4, -0.2) is 63.5 Å². The van der Waals surface area contributed by atoms with Gasteiger partial charge < -0.3 is 10.2 Å². The maximum absolute atomic E-state index is 13.0. The maximum Gasteiger partial charge on any atom is 0.261 e. The number of aromatic nitrogens is 1. The lowest BCUT2D eigenvalue weighted by Crippen LogP contribution is -2.48. The lowest BCUT2D eigenvalue weighted by molar-refractivity contribution is 0.0948. The van der Waals surface area contributed by atoms with Crippen molar-refractivity contribution >= 4 is 60.7 Å². The molecule has 5 rings (SSSR count). The number of carbonyl (C=O) groups excluding carboxylic acids is 1. The molecule has 0 bridgehead atoms. The van der Waals surface area contributed by atoms with Crippen molar-refractivity contribution in [1.29, 1.82) is 0 Å². The first kappa shape index (κ1) is 29.8. The number of hydrogen-bond acceptors (Lipinski definition) is 7. The van der Waals surface area contributed by atoms with E-state index in [1.54, 1.807) is 59.9 Å². The zero-order valence-electron chi connectivity index (χ0n) is 22.8. The molecule has 0 saturated carbocycles. The number of anilines is 2. The van der Waals surface area contributed by atoms with E-state index in [0.29, 0.717) is 12.1 Å². The summed E-state index contributed by atoms with van der Waals surface area (Å²) in [5, 5.41) is 4.02. The molecular weight excluding hydrogens is 566 g/mol. The van der Waals surface area contributed by atoms with Crippen LogP contribution in [0.2, 0.25) is 0 Å². The van der Waals surface area contributed by atoms with Gasteiger partial charge in [-0.05, 0) is 62.2 Å². The third kappa shape index (κ3) is 6.58. The average Bonchev–Trinajstić information content (AvgIpc) is 3.37. The van der Waals surface area contributed by atoms with Crippen LogP contribution in [0.15, 0.2) is 65.6 Å². The zero-order chi connectivity index (χ0) is 27.6. The Balaban J connectivity index is 0.00000370. The molecule has 212 valence electrons. The molecule has 1 aliphatic rings. The Morgan fingerprint density at radius 3 is 2.38 bits per heavy atom. The molecule has 3 aromatic carbocycles. The summed E-state index contributed by atoms with van der Waals surface area (Å²) in [7, 11) is -3.81. The standard InChI is InChI=1S/C29H33N5O3S2.ClH/c1-20-8-11-23(12-9-20)39(36,37)32-25-7-5-4-6-24(25)28(35)30-14-15-33-16-18-34(19-17-33)29-31-27-22(3)21(2)10-13-26(27)38-29;/h4-13,32H,14-19H2,1-3H3,(H,30,35);1H. The fraction of sp³-hybridized carbons (Fsp3) is 0.310. The third-order valence-corrected chi connectivity index (χ3v) is 9.64. The Bertz CT molecular complexity index is 1600. The molecule has 4 aromatic rings. The molecule has 11 heteroatoms. The minimum atomic E-state index is -3.81. The van der Waals surface area contributed by atoms with Crippen LogP contribution in [-0.2, 0) is 10.0 Å². The van der Waals surface area contributed by atoms with Crippen molar-refractivity contribution in [3.63, 3.8) is 0 Å². The summed E-state index contributed by atoms with van der Waals surface area (Å²) in [5.41, 5.74) is 5.12. The summed E-state index contributed by atoms with van der Waals surface area (Å²) in [5.74, 6) is -0.309. The molecule has 40 heavy (non-hydrogen) atoms. The van der Waals surface area contributed by atoms with Gasteiger partial charge in [-0.2, -0.15) is 0 Å². The summed E-state index contributed by atoms with van der Waals surface area (Å²) in [6.45, 7) is 10.9. The minimum absolute atomic E-state index is 0. The molecule has 0 spiro atoms. The Hall–Kier alpha value is -3.18. The monoisotopic (exact) mass is 599 g/mol. The fourth-order valence-electron chi connectivity index (χ4n) is 4.63. The van der Waals surface area contributed by atoms with Gasteiger partial charge >= 0.3 is 0 Å². The Morgan fingerprint density at radius 2 is 1.65 bits per heavy atom. The number of carbonyl (C=O) groups is 1. The summed E-state index contributed by atoms with van der Waals surface area (Å²) >= 11 is 1.74. The van der Waals surface area contributed by atoms with E-state index in [1.807, 2.05) is 6.92 Å². The van der Waals surface area contributed by atoms with E-state index in [1.165, 1.54) is 15.8 Å². The van der Waals surface area contributed by atoms with Crippen molar-refractivity contribution in [2.45, 2.75) is 25.7 Å². The highest BCUT2D eigenvalue weighted by molar-refractivity contribution is 7.92. The first-order valence-electron chi connectivity index (χ1n) is 13.0. The van der Waals surface area contributed by atoms with Gasteiger partial charge in [0.2, 0.25) is 0 Å². The number of fused-ring (bicyclic) bond motifs is 1. The van der Waals surface area contributed by atoms with Crippen LogP contribution in [0.5, 0.6) is 0 Å². The highest BCUT2D eigenvalue weighted by Crippen LogP contribution is 2.32. The molecule has 0 atom stereocenters. The number of halogens is 1. The molecule has 1 aliphatic heterocycles. The lowest BCUT2D eigenvalue weighted by Gasteiger charge is -2.34. The smallest absolute Gasteiger partial charge is 0.261 e. The number of rotatable bonds is 8. The van der Waals surface area contributed by atoms with Gasteiger partial charge in [-0.25, -0.2) is 13.4 Å². The van der Waals surface area contributed by atoms with Crippen LogP contribution in [0, 0.1) is 20.8 Å². The van der Waals surface area contributed by atoms with Crippen LogP contribution in [0.25, 0.3) is 10.2 Å². The van der Waals surface area contributed by atoms with Crippen LogP contribution >= 0.6 is 23.7 Å². The van der Waals surface area contributed by atoms with Gasteiger partial charge in [0.05, 0.1) is 26.4 Å². The highest BCUT2D eigenvalue weighted by atomic mass is 35.5. The van der Waals surface area contributed by atoms with Crippen LogP contribution in [0.1, 0.15) is 27.0 Å². The molecule has 1 saturated heterocycles. The van der Waals surface area contributed by atoms with Gasteiger partial charge in [0, 0.05) is 39.3 Å². The summed E-state index contributed by atoms with van der Waals surface area (Å²) in [6, 6.07) is 17.6. The fourth-order valence-corrected chi connectivity index (χ4v) is 6.78. The highest BCUT2D eigenvalue weighted by Gasteiger charge is 2.22. The predicted octanol–water partition coefficient (Wildman–Crippen LogP) is 5.00. The van der Waals surface area contributed by atoms with Crippen molar-refractivity contribution in [2.24, 2.45) is 0 Å². The second-order valence-corrected chi connectivity index (χ2v) is 12.6. The molecule has 0 unspecified atom stereocenters. The third-order valence-electron chi connectivity index (χ3n) is 7.18. The SMILES string of the molecule is Cc1ccc(S(=O)(=O)Nc2ccccc2C(=O)NCCN2CCN(c3nc4c(C)c(C)ccc4s3)CC2)cc1.Cl. The van der Waals surface area contributed by atoms with Crippen molar-refractivity contribution in [1.82, 2.24) is 15.2 Å². The molecule has 1 amide bonds. The topological polar surface area (TPSA) is 94.6 Å². The van der Waals surface area contributed by atoms with E-state index in [9.17, 15) is 13.2 Å². The van der Waals surface area contributed by atoms with Crippen LogP contribution < -0.4 is 14.9 Å². The van der Waals surface area contributed by atoms with E-state index in [-0.39, 0.29) is 28.9 Å². The number of piperazine rings is 1. The van der Waals surface area contributed by atoms with Crippen molar-refractivity contribution < 1.29 is 13.2 Å². The van der Waals surface area contributed by atoms with Crippen molar-refractivity contribution in [2.75, 3.05) is 48.9 Å². The molecule has 8 nitrogen and oxygen atoms in total. The predicted molar refractivity (Wildman–Crippen MR) is 166 cm³/mol. The van der Waals surface area contributed by atoms with Crippen LogP contribution in [0.3, 0.4) is 0 Å². The second kappa shape index (κ2) is 12.6. The van der Waals surface area contributed by atoms with Crippen molar-refractivity contribution in [3.05, 3.63) is 82.9 Å². The average molecular weight is 600 g/mol. The van der Waals surface area contributed by atoms with E-state index in [2.05, 4.69) is 45.8 Å². The number of nitrogens with zero attached hydrogens (tertiary/aromatic N) is 3. The number of aryl methyl sites for hydroxylation is 3. The molecule has 0 aliphatic carbocycles. The number of para-hydroxylation sites is 1. The normalized spacial score (nSPS) is 14.1. The first-order chi connectivity index (χ1) is 18.7. The van der Waals surface area contributed by atoms with Gasteiger partial charge in [0.15, 0.2) is 5.13 Å². The van der Waals surface area contributed by atoms with Crippen LogP contribution in [0.4, 0.5) is 10.8 Å². The Labute approximate surface area is 245 Å². The zero-order valence-corrected chi connectivity index (χ0v) is 25.3. The molecule has 1 aromatic heterocycles. The quantitative estimate of drug-likeness (QED) is 0.296. The second-order valence-electron chi connectivity index (χ2n) is 9.90. The molecule has 0 radical (unpaired) electrons. The lowest BCUT2D eigenvalue weighted by atomic mass is 10.1. The van der Waals surface area contributed by atoms with Gasteiger partial charge in [-0.15, -0.1) is 12.4 Å². The largest absolute Gasteiger partial charge is 0.351 e. The van der Waals surface area contributed by atoms with E-state index < -0.39 is 10.0 Å². The number of benzene rings is 3. The molecule has 1 fully saturated rings. The summed E-state index contributed by atoms with van der Waals surface area (Å²) in [6.07, 6.45) is 0. The summed E-state index contributed by atoms with van der Waals surface area (Å²) < 4.78 is 29.5. The van der Waals surface area contributed by atoms with Gasteiger partial charge in [0.1, 0.15) is 0 Å². The van der Waals surface area contributed by atoms with E-state index in [0.717, 1.165) is 48.9 Å². The minimum Gasteiger partial charge on any atom is -0.351 e. The van der Waals surface area contributed by atoms with Gasteiger partial charge in [-0.3, -0.25) is 14.4 Å². The van der Waals surface area contributed by atoms with Crippen molar-refractivity contribution in [3.8, 4) is 0 Å². The maximum atomic E-state index is 13.0.